The molecule has 0 amide bonds. The second kappa shape index (κ2) is 6.75. The Morgan fingerprint density at radius 2 is 2.04 bits per heavy atom. The summed E-state index contributed by atoms with van der Waals surface area (Å²) in [4.78, 5) is 2.09. The zero-order valence-electron chi connectivity index (χ0n) is 13.9. The Labute approximate surface area is 157 Å². The quantitative estimate of drug-likeness (QED) is 0.876. The van der Waals surface area contributed by atoms with Crippen molar-refractivity contribution in [1.29, 1.82) is 5.26 Å². The largest absolute Gasteiger partial charge is 0.394 e. The lowest BCUT2D eigenvalue weighted by Gasteiger charge is -2.38. The molecule has 0 radical (unpaired) electrons. The first kappa shape index (κ1) is 16.5. The summed E-state index contributed by atoms with van der Waals surface area (Å²) in [5, 5.41) is 21.5. The molecule has 2 aliphatic heterocycles. The van der Waals surface area contributed by atoms with Gasteiger partial charge in [-0.05, 0) is 42.5 Å². The van der Waals surface area contributed by atoms with Crippen molar-refractivity contribution in [1.82, 2.24) is 10.4 Å². The van der Waals surface area contributed by atoms with Crippen LogP contribution in [0.3, 0.4) is 0 Å². The topological polar surface area (TPSA) is 62.5 Å². The van der Waals surface area contributed by atoms with Crippen molar-refractivity contribution in [3.63, 3.8) is 0 Å². The number of nitriles is 1. The van der Waals surface area contributed by atoms with E-state index in [-0.39, 0.29) is 12.6 Å². The van der Waals surface area contributed by atoms with E-state index in [0.717, 1.165) is 22.6 Å². The Hall–Kier alpha value is -2.94. The predicted molar refractivity (Wildman–Crippen MR) is 102 cm³/mol. The first-order valence-corrected chi connectivity index (χ1v) is 8.69. The first-order valence-electron chi connectivity index (χ1n) is 8.31. The molecule has 0 fully saturated rings. The third-order valence-corrected chi connectivity index (χ3v) is 4.78. The molecule has 2 heterocycles. The van der Waals surface area contributed by atoms with Gasteiger partial charge in [-0.3, -0.25) is 10.4 Å². The van der Waals surface area contributed by atoms with Crippen LogP contribution in [0.4, 0.5) is 5.69 Å². The monoisotopic (exact) mass is 364 g/mol. The maximum absolute atomic E-state index is 9.86. The molecule has 0 saturated heterocycles. The molecule has 6 heteroatoms. The number of fused-ring (bicyclic) bond motifs is 1. The summed E-state index contributed by atoms with van der Waals surface area (Å²) in [5.74, 6) is 0. The smallest absolute Gasteiger partial charge is 0.0991 e. The third kappa shape index (κ3) is 3.01. The molecule has 0 saturated carbocycles. The van der Waals surface area contributed by atoms with Gasteiger partial charge in [0.2, 0.25) is 0 Å². The number of halogens is 1. The number of aliphatic hydroxyl groups excluding tert-OH is 1. The van der Waals surface area contributed by atoms with Crippen molar-refractivity contribution in [2.45, 2.75) is 6.04 Å². The molecule has 0 aliphatic carbocycles. The number of rotatable bonds is 3. The Balaban J connectivity index is 1.67. The summed E-state index contributed by atoms with van der Waals surface area (Å²) < 4.78 is 0. The SMILES string of the molecule is N#Cc1ccc(N2C=C3C=C(c4cccc(Cl)c4)NN3C(CO)C2)cc1. The second-order valence-corrected chi connectivity index (χ2v) is 6.69. The van der Waals surface area contributed by atoms with E-state index in [9.17, 15) is 5.11 Å². The van der Waals surface area contributed by atoms with Crippen LogP contribution in [0.15, 0.2) is 66.5 Å². The molecule has 2 aromatic rings. The molecule has 1 atom stereocenters. The van der Waals surface area contributed by atoms with Gasteiger partial charge in [0, 0.05) is 29.0 Å². The van der Waals surface area contributed by atoms with Gasteiger partial charge in [-0.1, -0.05) is 23.7 Å². The van der Waals surface area contributed by atoms with Gasteiger partial charge < -0.3 is 10.0 Å². The van der Waals surface area contributed by atoms with Crippen LogP contribution in [0.1, 0.15) is 11.1 Å². The Morgan fingerprint density at radius 3 is 2.73 bits per heavy atom. The molecule has 2 N–H and O–H groups in total. The van der Waals surface area contributed by atoms with Gasteiger partial charge in [0.15, 0.2) is 0 Å². The Bertz CT molecular complexity index is 930. The minimum atomic E-state index is -0.0985. The molecule has 0 aromatic heterocycles. The number of hydrazine groups is 1. The van der Waals surface area contributed by atoms with Crippen LogP contribution >= 0.6 is 11.6 Å². The Kier molecular flexibility index (Phi) is 4.29. The lowest BCUT2D eigenvalue weighted by molar-refractivity contribution is 0.137. The van der Waals surface area contributed by atoms with Crippen LogP contribution in [-0.4, -0.2) is 29.3 Å². The number of hydrogen-bond acceptors (Lipinski definition) is 5. The number of anilines is 1. The van der Waals surface area contributed by atoms with Crippen LogP contribution < -0.4 is 10.3 Å². The molecule has 4 rings (SSSR count). The highest BCUT2D eigenvalue weighted by molar-refractivity contribution is 6.30. The summed E-state index contributed by atoms with van der Waals surface area (Å²) in [6.45, 7) is 0.656. The number of aliphatic hydroxyl groups is 1. The fraction of sp³-hybridized carbons (Fsp3) is 0.150. The molecule has 0 bridgehead atoms. The molecule has 0 spiro atoms. The number of nitrogens with zero attached hydrogens (tertiary/aromatic N) is 3. The highest BCUT2D eigenvalue weighted by Gasteiger charge is 2.31. The molecular weight excluding hydrogens is 348 g/mol. The highest BCUT2D eigenvalue weighted by atomic mass is 35.5. The molecule has 130 valence electrons. The van der Waals surface area contributed by atoms with E-state index in [1.165, 1.54) is 0 Å². The fourth-order valence-corrected chi connectivity index (χ4v) is 3.41. The van der Waals surface area contributed by atoms with Crippen molar-refractivity contribution >= 4 is 23.0 Å². The van der Waals surface area contributed by atoms with E-state index in [0.29, 0.717) is 17.1 Å². The van der Waals surface area contributed by atoms with Gasteiger partial charge in [0.05, 0.1) is 35.7 Å². The first-order chi connectivity index (χ1) is 12.7. The zero-order chi connectivity index (χ0) is 18.1. The minimum Gasteiger partial charge on any atom is -0.394 e. The number of allylic oxidation sites excluding steroid dienone is 1. The lowest BCUT2D eigenvalue weighted by atomic mass is 10.1. The normalized spacial score (nSPS) is 18.6. The van der Waals surface area contributed by atoms with E-state index in [2.05, 4.69) is 16.4 Å². The highest BCUT2D eigenvalue weighted by Crippen LogP contribution is 2.31. The lowest BCUT2D eigenvalue weighted by Crippen LogP contribution is -2.51. The van der Waals surface area contributed by atoms with E-state index < -0.39 is 0 Å². The fourth-order valence-electron chi connectivity index (χ4n) is 3.22. The van der Waals surface area contributed by atoms with Crippen molar-refractivity contribution in [2.24, 2.45) is 0 Å². The minimum absolute atomic E-state index is 0.0216. The van der Waals surface area contributed by atoms with Gasteiger partial charge in [-0.15, -0.1) is 0 Å². The van der Waals surface area contributed by atoms with Crippen molar-refractivity contribution in [3.05, 3.63) is 82.7 Å². The summed E-state index contributed by atoms with van der Waals surface area (Å²) in [6, 6.07) is 17.1. The predicted octanol–water partition coefficient (Wildman–Crippen LogP) is 3.10. The Morgan fingerprint density at radius 1 is 1.23 bits per heavy atom. The van der Waals surface area contributed by atoms with E-state index in [4.69, 9.17) is 16.9 Å². The van der Waals surface area contributed by atoms with Gasteiger partial charge >= 0.3 is 0 Å². The summed E-state index contributed by atoms with van der Waals surface area (Å²) >= 11 is 6.11. The van der Waals surface area contributed by atoms with Crippen LogP contribution in [0, 0.1) is 11.3 Å². The summed E-state index contributed by atoms with van der Waals surface area (Å²) in [5.41, 5.74) is 7.89. The van der Waals surface area contributed by atoms with Crippen LogP contribution in [0.5, 0.6) is 0 Å². The molecule has 5 nitrogen and oxygen atoms in total. The maximum Gasteiger partial charge on any atom is 0.0991 e. The third-order valence-electron chi connectivity index (χ3n) is 4.55. The second-order valence-electron chi connectivity index (χ2n) is 6.25. The van der Waals surface area contributed by atoms with Gasteiger partial charge in [0.25, 0.3) is 0 Å². The summed E-state index contributed by atoms with van der Waals surface area (Å²) in [7, 11) is 0. The van der Waals surface area contributed by atoms with Crippen molar-refractivity contribution in [3.8, 4) is 6.07 Å². The average Bonchev–Trinajstić information content (AvgIpc) is 3.11. The van der Waals surface area contributed by atoms with Gasteiger partial charge in [-0.25, -0.2) is 0 Å². The maximum atomic E-state index is 9.86. The van der Waals surface area contributed by atoms with Crippen LogP contribution in [0.25, 0.3) is 5.70 Å². The van der Waals surface area contributed by atoms with Crippen molar-refractivity contribution < 1.29 is 5.11 Å². The van der Waals surface area contributed by atoms with Crippen LogP contribution in [0.2, 0.25) is 5.02 Å². The van der Waals surface area contributed by atoms with Crippen molar-refractivity contribution in [2.75, 3.05) is 18.1 Å². The molecule has 2 aliphatic rings. The average molecular weight is 365 g/mol. The number of hydrogen-bond donors (Lipinski definition) is 2. The standard InChI is InChI=1S/C20H17ClN4O/c21-16-3-1-2-15(8-16)20-9-18-11-24(12-19(13-26)25(18)23-20)17-6-4-14(10-22)5-7-17/h1-9,11,19,23,26H,12-13H2. The number of nitrogens with one attached hydrogen (secondary N) is 1. The number of benzene rings is 2. The van der Waals surface area contributed by atoms with Gasteiger partial charge in [0.1, 0.15) is 0 Å². The zero-order valence-corrected chi connectivity index (χ0v) is 14.7. The van der Waals surface area contributed by atoms with Gasteiger partial charge in [-0.2, -0.15) is 5.26 Å². The van der Waals surface area contributed by atoms with E-state index in [1.807, 2.05) is 53.7 Å². The van der Waals surface area contributed by atoms with E-state index in [1.54, 1.807) is 12.1 Å². The van der Waals surface area contributed by atoms with E-state index >= 15 is 0 Å². The molecular formula is C20H17ClN4O. The molecule has 1 unspecified atom stereocenters. The van der Waals surface area contributed by atoms with Crippen LogP contribution in [-0.2, 0) is 0 Å². The molecule has 2 aromatic carbocycles. The summed E-state index contributed by atoms with van der Waals surface area (Å²) in [6.07, 6.45) is 4.09. The molecule has 26 heavy (non-hydrogen) atoms.